The minimum Gasteiger partial charge on any atom is -0.268 e. The van der Waals surface area contributed by atoms with Gasteiger partial charge in [0.15, 0.2) is 0 Å². The van der Waals surface area contributed by atoms with Gasteiger partial charge in [-0.15, -0.1) is 0 Å². The highest BCUT2D eigenvalue weighted by Crippen LogP contribution is 2.50. The second-order valence-corrected chi connectivity index (χ2v) is 15.2. The summed E-state index contributed by atoms with van der Waals surface area (Å²) in [7, 11) is -3.07. The molecule has 4 heteroatoms. The maximum Gasteiger partial charge on any atom is 0.268 e. The fourth-order valence-corrected chi connectivity index (χ4v) is 11.6. The molecule has 5 aromatic rings. The maximum absolute atomic E-state index is 13.6. The van der Waals surface area contributed by atoms with E-state index in [0.29, 0.717) is 0 Å². The van der Waals surface area contributed by atoms with E-state index in [9.17, 15) is 4.79 Å². The molecular weight excluding hydrogens is 524 g/mol. The van der Waals surface area contributed by atoms with Gasteiger partial charge >= 0.3 is 0 Å². The molecule has 0 aliphatic heterocycles. The monoisotopic (exact) mass is 557 g/mol. The molecule has 0 saturated carbocycles. The van der Waals surface area contributed by atoms with Crippen molar-refractivity contribution in [2.24, 2.45) is 4.74 Å². The van der Waals surface area contributed by atoms with E-state index in [2.05, 4.69) is 128 Å². The van der Waals surface area contributed by atoms with Gasteiger partial charge < -0.3 is 0 Å². The van der Waals surface area contributed by atoms with E-state index in [4.69, 9.17) is 4.74 Å². The summed E-state index contributed by atoms with van der Waals surface area (Å²) in [6.07, 6.45) is 5.24. The smallest absolute Gasteiger partial charge is 0.268 e. The summed E-state index contributed by atoms with van der Waals surface area (Å²) in [5.74, 6) is -0.189. The van der Waals surface area contributed by atoms with Crippen LogP contribution in [0, 0.1) is 6.92 Å². The second kappa shape index (κ2) is 13.5. The first-order chi connectivity index (χ1) is 19.6. The molecule has 0 saturated heterocycles. The van der Waals surface area contributed by atoms with Crippen molar-refractivity contribution in [3.63, 3.8) is 0 Å². The van der Waals surface area contributed by atoms with Crippen LogP contribution in [0.3, 0.4) is 0 Å². The second-order valence-electron chi connectivity index (χ2n) is 9.67. The molecule has 0 aliphatic carbocycles. The van der Waals surface area contributed by atoms with Crippen molar-refractivity contribution < 1.29 is 4.79 Å². The largest absolute Gasteiger partial charge is 0.268 e. The van der Waals surface area contributed by atoms with Gasteiger partial charge in [0, 0.05) is 13.1 Å². The summed E-state index contributed by atoms with van der Waals surface area (Å²) in [6.45, 7) is 2.06. The molecule has 2 nitrogen and oxygen atoms in total. The summed E-state index contributed by atoms with van der Waals surface area (Å²) < 4.78 is 5.14. The topological polar surface area (TPSA) is 29.4 Å². The molecule has 40 heavy (non-hydrogen) atoms. The molecule has 0 bridgehead atoms. The molecule has 0 atom stereocenters. The lowest BCUT2D eigenvalue weighted by atomic mass is 10.1. The number of benzene rings is 5. The van der Waals surface area contributed by atoms with Crippen LogP contribution in [0.2, 0.25) is 0 Å². The van der Waals surface area contributed by atoms with Gasteiger partial charge in [-0.05, 0) is 60.0 Å². The minimum atomic E-state index is -2.44. The molecule has 0 fully saturated rings. The lowest BCUT2D eigenvalue weighted by Crippen LogP contribution is -2.23. The first kappa shape index (κ1) is 27.7. The van der Waals surface area contributed by atoms with Gasteiger partial charge in [0.2, 0.25) is 0 Å². The minimum absolute atomic E-state index is 0.189. The molecular formula is C36H33NOP2. The lowest BCUT2D eigenvalue weighted by Gasteiger charge is -2.28. The molecule has 0 unspecified atom stereocenters. The van der Waals surface area contributed by atoms with Crippen LogP contribution in [0.1, 0.15) is 11.1 Å². The summed E-state index contributed by atoms with van der Waals surface area (Å²) in [4.78, 5) is 13.6. The first-order valence-corrected chi connectivity index (χ1v) is 17.0. The molecule has 5 aromatic carbocycles. The third-order valence-electron chi connectivity index (χ3n) is 6.91. The van der Waals surface area contributed by atoms with Crippen molar-refractivity contribution >= 4 is 48.2 Å². The van der Waals surface area contributed by atoms with Crippen molar-refractivity contribution in [1.29, 1.82) is 0 Å². The van der Waals surface area contributed by atoms with Crippen molar-refractivity contribution in [1.82, 2.24) is 0 Å². The predicted molar refractivity (Wildman–Crippen MR) is 176 cm³/mol. The third-order valence-corrected chi connectivity index (χ3v) is 13.5. The van der Waals surface area contributed by atoms with E-state index in [1.165, 1.54) is 16.2 Å². The molecule has 198 valence electrons. The zero-order chi connectivity index (χ0) is 27.6. The Morgan fingerprint density at radius 1 is 0.650 bits per heavy atom. The van der Waals surface area contributed by atoms with Gasteiger partial charge in [-0.25, -0.2) is 4.74 Å². The van der Waals surface area contributed by atoms with E-state index in [1.807, 2.05) is 30.3 Å². The van der Waals surface area contributed by atoms with E-state index in [-0.39, 0.29) is 5.91 Å². The number of carbonyl (C=O) groups is 1. The summed E-state index contributed by atoms with van der Waals surface area (Å²) >= 11 is 0. The number of aryl methyl sites for hydroxylation is 1. The van der Waals surface area contributed by atoms with Crippen LogP contribution >= 0.6 is 15.0 Å². The van der Waals surface area contributed by atoms with Gasteiger partial charge in [0.1, 0.15) is 0 Å². The standard InChI is InChI=1S/C36H33NOP2/c1-30-22-24-31(25-23-30)26-27-36(38)37-40(34-18-10-4-11-19-34,35-20-12-5-13-21-35)29-28-39(32-14-6-2-7-15-32)33-16-8-3-9-17-33/h2-27H,28-29H2,1H3/b27-26+. The van der Waals surface area contributed by atoms with Crippen molar-refractivity contribution in [2.45, 2.75) is 6.92 Å². The molecule has 0 heterocycles. The summed E-state index contributed by atoms with van der Waals surface area (Å²) in [5, 5.41) is 4.95. The van der Waals surface area contributed by atoms with Gasteiger partial charge in [-0.3, -0.25) is 4.79 Å². The Hall–Kier alpha value is -3.83. The number of carbonyl (C=O) groups excluding carboxylic acids is 1. The van der Waals surface area contributed by atoms with Crippen LogP contribution in [0.5, 0.6) is 0 Å². The number of amides is 1. The average molecular weight is 558 g/mol. The predicted octanol–water partition coefficient (Wildman–Crippen LogP) is 7.52. The molecule has 5 rings (SSSR count). The first-order valence-electron chi connectivity index (χ1n) is 13.5. The molecule has 0 aliphatic rings. The Kier molecular flexibility index (Phi) is 9.35. The Balaban J connectivity index is 1.60. The number of rotatable bonds is 9. The Bertz CT molecular complexity index is 1520. The Morgan fingerprint density at radius 3 is 1.57 bits per heavy atom. The van der Waals surface area contributed by atoms with E-state index >= 15 is 0 Å². The van der Waals surface area contributed by atoms with Crippen molar-refractivity contribution in [2.75, 3.05) is 12.3 Å². The van der Waals surface area contributed by atoms with Crippen LogP contribution in [-0.2, 0) is 4.79 Å². The number of hydrogen-bond donors (Lipinski definition) is 0. The SMILES string of the molecule is Cc1ccc(/C=C/C(=O)N=P(CCP(c2ccccc2)c2ccccc2)(c2ccccc2)c2ccccc2)cc1. The maximum atomic E-state index is 13.6. The average Bonchev–Trinajstić information content (AvgIpc) is 3.02. The molecule has 0 spiro atoms. The van der Waals surface area contributed by atoms with Gasteiger partial charge in [0.05, 0.1) is 0 Å². The quantitative estimate of drug-likeness (QED) is 0.136. The van der Waals surface area contributed by atoms with E-state index in [0.717, 1.165) is 28.5 Å². The highest BCUT2D eigenvalue weighted by atomic mass is 31.2. The van der Waals surface area contributed by atoms with Crippen molar-refractivity contribution in [3.05, 3.63) is 163 Å². The highest BCUT2D eigenvalue weighted by Gasteiger charge is 2.28. The van der Waals surface area contributed by atoms with Crippen LogP contribution in [-0.4, -0.2) is 18.2 Å². The van der Waals surface area contributed by atoms with Crippen LogP contribution in [0.15, 0.2) is 156 Å². The summed E-state index contributed by atoms with van der Waals surface area (Å²) in [5.41, 5.74) is 2.19. The van der Waals surface area contributed by atoms with Gasteiger partial charge in [0.25, 0.3) is 5.91 Å². The normalized spacial score (nSPS) is 11.6. The Morgan fingerprint density at radius 2 is 1.10 bits per heavy atom. The van der Waals surface area contributed by atoms with E-state index in [1.54, 1.807) is 6.08 Å². The van der Waals surface area contributed by atoms with Crippen molar-refractivity contribution in [3.8, 4) is 0 Å². The molecule has 0 radical (unpaired) electrons. The van der Waals surface area contributed by atoms with E-state index < -0.39 is 15.0 Å². The van der Waals surface area contributed by atoms with Crippen LogP contribution in [0.4, 0.5) is 0 Å². The molecule has 0 N–H and O–H groups in total. The summed E-state index contributed by atoms with van der Waals surface area (Å²) in [6, 6.07) is 50.6. The highest BCUT2D eigenvalue weighted by molar-refractivity contribution is 7.82. The van der Waals surface area contributed by atoms with Gasteiger partial charge in [-0.1, -0.05) is 151 Å². The lowest BCUT2D eigenvalue weighted by molar-refractivity contribution is -0.113. The molecule has 1 amide bonds. The zero-order valence-corrected chi connectivity index (χ0v) is 24.5. The Labute approximate surface area is 239 Å². The fraction of sp³-hybridized carbons (Fsp3) is 0.0833. The zero-order valence-electron chi connectivity index (χ0n) is 22.7. The van der Waals surface area contributed by atoms with Crippen LogP contribution in [0.25, 0.3) is 6.08 Å². The van der Waals surface area contributed by atoms with Gasteiger partial charge in [-0.2, -0.15) is 0 Å². The van der Waals surface area contributed by atoms with Crippen LogP contribution < -0.4 is 21.2 Å². The number of hydrogen-bond acceptors (Lipinski definition) is 1. The third kappa shape index (κ3) is 6.83. The fourth-order valence-electron chi connectivity index (χ4n) is 4.84. The molecule has 0 aromatic heterocycles. The number of nitrogens with zero attached hydrogens (tertiary/aromatic N) is 1.